The van der Waals surface area contributed by atoms with Gasteiger partial charge < -0.3 is 0 Å². The van der Waals surface area contributed by atoms with Crippen molar-refractivity contribution in [3.8, 4) is 0 Å². The number of sulfonamides is 1. The van der Waals surface area contributed by atoms with E-state index in [0.29, 0.717) is 6.07 Å². The van der Waals surface area contributed by atoms with Crippen molar-refractivity contribution in [1.29, 1.82) is 0 Å². The molecule has 1 fully saturated rings. The van der Waals surface area contributed by atoms with Crippen LogP contribution < -0.4 is 0 Å². The van der Waals surface area contributed by atoms with Crippen molar-refractivity contribution >= 4 is 19.9 Å². The summed E-state index contributed by atoms with van der Waals surface area (Å²) in [6.45, 7) is -0.149. The van der Waals surface area contributed by atoms with E-state index in [-0.39, 0.29) is 30.8 Å². The molecule has 2 aromatic rings. The van der Waals surface area contributed by atoms with Crippen LogP contribution in [0.4, 0.5) is 8.78 Å². The molecule has 0 bridgehead atoms. The van der Waals surface area contributed by atoms with Gasteiger partial charge in [0, 0.05) is 13.1 Å². The molecular weight excluding hydrogens is 384 g/mol. The summed E-state index contributed by atoms with van der Waals surface area (Å²) in [4.78, 5) is -0.542. The van der Waals surface area contributed by atoms with Crippen molar-refractivity contribution in [3.63, 3.8) is 0 Å². The number of benzene rings is 2. The maximum Gasteiger partial charge on any atom is 0.246 e. The molecule has 9 heteroatoms. The first-order valence-corrected chi connectivity index (χ1v) is 11.0. The van der Waals surface area contributed by atoms with Crippen molar-refractivity contribution < 1.29 is 25.6 Å². The molecule has 0 aliphatic carbocycles. The van der Waals surface area contributed by atoms with E-state index in [1.165, 1.54) is 12.1 Å². The summed E-state index contributed by atoms with van der Waals surface area (Å²) in [5.41, 5.74) is 0. The normalized spacial score (nSPS) is 17.3. The van der Waals surface area contributed by atoms with Crippen LogP contribution in [0, 0.1) is 11.6 Å². The third kappa shape index (κ3) is 3.51. The van der Waals surface area contributed by atoms with Gasteiger partial charge in [-0.15, -0.1) is 0 Å². The van der Waals surface area contributed by atoms with Crippen LogP contribution in [0.15, 0.2) is 58.3 Å². The maximum atomic E-state index is 13.8. The Bertz CT molecular complexity index is 1000. The average Bonchev–Trinajstić information content (AvgIpc) is 2.64. The van der Waals surface area contributed by atoms with Crippen molar-refractivity contribution in [2.75, 3.05) is 13.1 Å². The Morgan fingerprint density at radius 1 is 0.885 bits per heavy atom. The summed E-state index contributed by atoms with van der Waals surface area (Å²) in [7, 11) is -7.79. The topological polar surface area (TPSA) is 71.5 Å². The second-order valence-electron chi connectivity index (χ2n) is 6.04. The van der Waals surface area contributed by atoms with Gasteiger partial charge in [0.2, 0.25) is 10.0 Å². The average molecular weight is 401 g/mol. The maximum absolute atomic E-state index is 13.8. The Balaban J connectivity index is 1.79. The molecule has 1 aliphatic rings. The van der Waals surface area contributed by atoms with E-state index >= 15 is 0 Å². The number of hydrogen-bond acceptors (Lipinski definition) is 4. The molecule has 1 aliphatic heterocycles. The summed E-state index contributed by atoms with van der Waals surface area (Å²) < 4.78 is 78.5. The van der Waals surface area contributed by atoms with Gasteiger partial charge in [-0.25, -0.2) is 25.6 Å². The number of piperidine rings is 1. The molecule has 0 saturated carbocycles. The monoisotopic (exact) mass is 401 g/mol. The summed E-state index contributed by atoms with van der Waals surface area (Å²) in [6.07, 6.45) is 0.181. The third-order valence-electron chi connectivity index (χ3n) is 4.42. The largest absolute Gasteiger partial charge is 0.246 e. The Morgan fingerprint density at radius 3 is 2.12 bits per heavy atom. The van der Waals surface area contributed by atoms with E-state index in [4.69, 9.17) is 0 Å². The molecule has 0 unspecified atom stereocenters. The summed E-state index contributed by atoms with van der Waals surface area (Å²) in [5, 5.41) is -0.714. The lowest BCUT2D eigenvalue weighted by molar-refractivity contribution is 0.343. The Labute approximate surface area is 151 Å². The van der Waals surface area contributed by atoms with Crippen molar-refractivity contribution in [1.82, 2.24) is 4.31 Å². The van der Waals surface area contributed by atoms with Crippen molar-refractivity contribution in [3.05, 3.63) is 60.2 Å². The zero-order chi connectivity index (χ0) is 18.9. The number of sulfone groups is 1. The van der Waals surface area contributed by atoms with Crippen LogP contribution in [-0.4, -0.2) is 39.5 Å². The minimum atomic E-state index is -4.23. The van der Waals surface area contributed by atoms with E-state index in [1.807, 2.05) is 0 Å². The molecular formula is C17H17F2NO4S2. The van der Waals surface area contributed by atoms with Gasteiger partial charge in [0.25, 0.3) is 0 Å². The van der Waals surface area contributed by atoms with Gasteiger partial charge in [0.15, 0.2) is 9.84 Å². The minimum absolute atomic E-state index is 0.0744. The van der Waals surface area contributed by atoms with Gasteiger partial charge in [0.1, 0.15) is 16.5 Å². The van der Waals surface area contributed by atoms with E-state index in [9.17, 15) is 25.6 Å². The summed E-state index contributed by atoms with van der Waals surface area (Å²) >= 11 is 0. The van der Waals surface area contributed by atoms with Gasteiger partial charge in [0.05, 0.1) is 10.1 Å². The highest BCUT2D eigenvalue weighted by Crippen LogP contribution is 2.28. The Morgan fingerprint density at radius 2 is 1.50 bits per heavy atom. The van der Waals surface area contributed by atoms with Crippen LogP contribution in [-0.2, 0) is 19.9 Å². The Hall–Kier alpha value is -1.84. The number of nitrogens with zero attached hydrogens (tertiary/aromatic N) is 1. The van der Waals surface area contributed by atoms with Gasteiger partial charge in [-0.2, -0.15) is 4.31 Å². The minimum Gasteiger partial charge on any atom is -0.223 e. The SMILES string of the molecule is O=S(=O)(c1ccccc1)C1CCN(S(=O)(=O)c2cc(F)ccc2F)CC1. The smallest absolute Gasteiger partial charge is 0.223 e. The predicted octanol–water partition coefficient (Wildman–Crippen LogP) is 2.59. The quantitative estimate of drug-likeness (QED) is 0.790. The van der Waals surface area contributed by atoms with Crippen molar-refractivity contribution in [2.45, 2.75) is 27.9 Å². The third-order valence-corrected chi connectivity index (χ3v) is 8.61. The first-order chi connectivity index (χ1) is 12.2. The van der Waals surface area contributed by atoms with Crippen LogP contribution in [0.3, 0.4) is 0 Å². The summed E-state index contributed by atoms with van der Waals surface area (Å²) in [5.74, 6) is -1.89. The molecule has 26 heavy (non-hydrogen) atoms. The van der Waals surface area contributed by atoms with E-state index in [1.54, 1.807) is 18.2 Å². The van der Waals surface area contributed by atoms with Gasteiger partial charge in [-0.1, -0.05) is 18.2 Å². The zero-order valence-electron chi connectivity index (χ0n) is 13.7. The molecule has 0 N–H and O–H groups in total. The Kier molecular flexibility index (Phi) is 5.14. The fourth-order valence-electron chi connectivity index (χ4n) is 3.00. The molecule has 0 amide bonds. The molecule has 0 spiro atoms. The fourth-order valence-corrected chi connectivity index (χ4v) is 6.30. The van der Waals surface area contributed by atoms with Crippen LogP contribution in [0.25, 0.3) is 0 Å². The molecule has 0 aromatic heterocycles. The summed E-state index contributed by atoms with van der Waals surface area (Å²) in [6, 6.07) is 10.2. The highest BCUT2D eigenvalue weighted by atomic mass is 32.2. The molecule has 5 nitrogen and oxygen atoms in total. The highest BCUT2D eigenvalue weighted by molar-refractivity contribution is 7.92. The zero-order valence-corrected chi connectivity index (χ0v) is 15.3. The van der Waals surface area contributed by atoms with Gasteiger partial charge in [-0.3, -0.25) is 0 Å². The van der Waals surface area contributed by atoms with Crippen LogP contribution in [0.1, 0.15) is 12.8 Å². The molecule has 2 aromatic carbocycles. The van der Waals surface area contributed by atoms with E-state index in [0.717, 1.165) is 16.4 Å². The number of rotatable bonds is 4. The molecule has 0 atom stereocenters. The van der Waals surface area contributed by atoms with Crippen molar-refractivity contribution in [2.24, 2.45) is 0 Å². The van der Waals surface area contributed by atoms with E-state index < -0.39 is 41.6 Å². The second kappa shape index (κ2) is 7.05. The second-order valence-corrected chi connectivity index (χ2v) is 10.2. The fraction of sp³-hybridized carbons (Fsp3) is 0.294. The van der Waals surface area contributed by atoms with Gasteiger partial charge >= 0.3 is 0 Å². The molecule has 3 rings (SSSR count). The predicted molar refractivity (Wildman–Crippen MR) is 91.8 cm³/mol. The molecule has 1 heterocycles. The lowest BCUT2D eigenvalue weighted by Crippen LogP contribution is -2.42. The van der Waals surface area contributed by atoms with E-state index in [2.05, 4.69) is 0 Å². The number of hydrogen-bond donors (Lipinski definition) is 0. The van der Waals surface area contributed by atoms with Crippen LogP contribution in [0.2, 0.25) is 0 Å². The first kappa shape index (κ1) is 18.9. The molecule has 140 valence electrons. The molecule has 0 radical (unpaired) electrons. The number of halogens is 2. The first-order valence-electron chi connectivity index (χ1n) is 7.97. The lowest BCUT2D eigenvalue weighted by Gasteiger charge is -2.31. The lowest BCUT2D eigenvalue weighted by atomic mass is 10.2. The highest BCUT2D eigenvalue weighted by Gasteiger charge is 2.36. The standard InChI is InChI=1S/C17H17F2NO4S2/c18-13-6-7-16(19)17(12-13)26(23,24)20-10-8-15(9-11-20)25(21,22)14-4-2-1-3-5-14/h1-7,12,15H,8-11H2. The van der Waals surface area contributed by atoms with Crippen LogP contribution >= 0.6 is 0 Å². The van der Waals surface area contributed by atoms with Crippen LogP contribution in [0.5, 0.6) is 0 Å². The van der Waals surface area contributed by atoms with Gasteiger partial charge in [-0.05, 0) is 43.2 Å². The molecule has 1 saturated heterocycles.